The second-order valence-corrected chi connectivity index (χ2v) is 10.0. The van der Waals surface area contributed by atoms with Crippen molar-refractivity contribution >= 4 is 11.9 Å². The third kappa shape index (κ3) is 8.79. The number of hydrogen-bond acceptors (Lipinski definition) is 6. The first kappa shape index (κ1) is 26.1. The molecule has 0 radical (unpaired) electrons. The van der Waals surface area contributed by atoms with Gasteiger partial charge >= 0.3 is 6.09 Å². The van der Waals surface area contributed by atoms with Crippen molar-refractivity contribution in [3.8, 4) is 5.75 Å². The number of ketones is 1. The largest absolute Gasteiger partial charge is 0.491 e. The third-order valence-electron chi connectivity index (χ3n) is 5.48. The fraction of sp³-hybridized carbons (Fsp3) is 0.680. The minimum Gasteiger partial charge on any atom is -0.491 e. The molecule has 2 atom stereocenters. The van der Waals surface area contributed by atoms with Crippen LogP contribution < -0.4 is 4.74 Å². The van der Waals surface area contributed by atoms with E-state index >= 15 is 0 Å². The highest BCUT2D eigenvalue weighted by Gasteiger charge is 2.29. The monoisotopic (exact) mass is 448 g/mol. The highest BCUT2D eigenvalue weighted by atomic mass is 16.6. The van der Waals surface area contributed by atoms with Crippen molar-refractivity contribution in [1.82, 2.24) is 9.80 Å². The molecule has 1 fully saturated rings. The Hall–Kier alpha value is -2.12. The molecule has 1 aromatic rings. The van der Waals surface area contributed by atoms with E-state index < -0.39 is 11.7 Å². The van der Waals surface area contributed by atoms with E-state index in [1.807, 2.05) is 39.5 Å². The number of likely N-dealkylation sites (tertiary alicyclic amines) is 1. The van der Waals surface area contributed by atoms with Crippen molar-refractivity contribution in [1.29, 1.82) is 0 Å². The molecule has 180 valence electrons. The van der Waals surface area contributed by atoms with Crippen LogP contribution in [0.1, 0.15) is 64.7 Å². The summed E-state index contributed by atoms with van der Waals surface area (Å²) in [6, 6.07) is 7.01. The zero-order valence-electron chi connectivity index (χ0n) is 20.5. The van der Waals surface area contributed by atoms with Crippen molar-refractivity contribution in [2.45, 2.75) is 72.1 Å². The van der Waals surface area contributed by atoms with Gasteiger partial charge < -0.3 is 24.4 Å². The number of ether oxygens (including phenoxy) is 2. The lowest BCUT2D eigenvalue weighted by atomic mass is 9.96. The average Bonchev–Trinajstić information content (AvgIpc) is 2.69. The van der Waals surface area contributed by atoms with Crippen molar-refractivity contribution in [3.05, 3.63) is 29.8 Å². The van der Waals surface area contributed by atoms with Crippen LogP contribution in [0.5, 0.6) is 5.75 Å². The van der Waals surface area contributed by atoms with Crippen molar-refractivity contribution in [2.75, 3.05) is 32.8 Å². The molecule has 2 unspecified atom stereocenters. The van der Waals surface area contributed by atoms with Crippen molar-refractivity contribution in [2.24, 2.45) is 5.92 Å². The maximum absolute atomic E-state index is 12.6. The maximum Gasteiger partial charge on any atom is 0.410 e. The van der Waals surface area contributed by atoms with Crippen LogP contribution in [-0.2, 0) is 4.74 Å². The Kier molecular flexibility index (Phi) is 9.52. The van der Waals surface area contributed by atoms with Crippen LogP contribution in [0, 0.1) is 5.92 Å². The number of benzene rings is 1. The predicted octanol–water partition coefficient (Wildman–Crippen LogP) is 3.99. The second kappa shape index (κ2) is 11.7. The van der Waals surface area contributed by atoms with Gasteiger partial charge in [0.25, 0.3) is 0 Å². The van der Waals surface area contributed by atoms with Crippen molar-refractivity contribution in [3.63, 3.8) is 0 Å². The number of nitrogens with zero attached hydrogens (tertiary/aromatic N) is 2. The zero-order chi connectivity index (χ0) is 23.9. The summed E-state index contributed by atoms with van der Waals surface area (Å²) >= 11 is 0. The Morgan fingerprint density at radius 1 is 1.22 bits per heavy atom. The van der Waals surface area contributed by atoms with Gasteiger partial charge in [0.15, 0.2) is 5.78 Å². The number of hydrogen-bond donors (Lipinski definition) is 1. The van der Waals surface area contributed by atoms with Gasteiger partial charge in [-0.1, -0.05) is 0 Å². The molecule has 32 heavy (non-hydrogen) atoms. The van der Waals surface area contributed by atoms with E-state index in [1.165, 1.54) is 6.92 Å². The summed E-state index contributed by atoms with van der Waals surface area (Å²) < 4.78 is 11.3. The van der Waals surface area contributed by atoms with Gasteiger partial charge in [0.2, 0.25) is 0 Å². The molecule has 1 amide bonds. The zero-order valence-corrected chi connectivity index (χ0v) is 20.5. The summed E-state index contributed by atoms with van der Waals surface area (Å²) in [6.45, 7) is 14.3. The van der Waals surface area contributed by atoms with Gasteiger partial charge in [-0.25, -0.2) is 4.79 Å². The fourth-order valence-corrected chi connectivity index (χ4v) is 3.89. The molecule has 1 saturated heterocycles. The molecule has 1 aliphatic rings. The molecule has 1 aromatic carbocycles. The van der Waals surface area contributed by atoms with E-state index in [4.69, 9.17) is 9.47 Å². The van der Waals surface area contributed by atoms with Crippen LogP contribution in [-0.4, -0.2) is 77.3 Å². The fourth-order valence-electron chi connectivity index (χ4n) is 3.89. The number of amides is 1. The smallest absolute Gasteiger partial charge is 0.410 e. The first-order valence-electron chi connectivity index (χ1n) is 11.6. The lowest BCUT2D eigenvalue weighted by Crippen LogP contribution is -2.48. The van der Waals surface area contributed by atoms with Gasteiger partial charge in [0.05, 0.1) is 0 Å². The minimum absolute atomic E-state index is 0.0129. The van der Waals surface area contributed by atoms with Crippen LogP contribution in [0.3, 0.4) is 0 Å². The first-order chi connectivity index (χ1) is 14.9. The summed E-state index contributed by atoms with van der Waals surface area (Å²) in [5.41, 5.74) is 0.123. The molecule has 7 heteroatoms. The third-order valence-corrected chi connectivity index (χ3v) is 5.48. The quantitative estimate of drug-likeness (QED) is 0.576. The topological polar surface area (TPSA) is 79.3 Å². The summed E-state index contributed by atoms with van der Waals surface area (Å²) in [5, 5.41) is 10.5. The average molecular weight is 449 g/mol. The number of β-amino-alcohol motifs (C(OH)–C–C–N with tert-alkyl or cyclic N) is 1. The number of piperidine rings is 1. The molecule has 7 nitrogen and oxygen atoms in total. The van der Waals surface area contributed by atoms with Gasteiger partial charge in [-0.2, -0.15) is 0 Å². The number of Topliss-reactive ketones (excluding diaryl/α,β-unsaturated/α-hetero) is 1. The van der Waals surface area contributed by atoms with Gasteiger partial charge in [-0.15, -0.1) is 0 Å². The summed E-state index contributed by atoms with van der Waals surface area (Å²) in [5.74, 6) is 0.986. The number of aliphatic hydroxyl groups is 1. The van der Waals surface area contributed by atoms with E-state index in [0.717, 1.165) is 25.9 Å². The molecule has 0 aliphatic carbocycles. The highest BCUT2D eigenvalue weighted by Crippen LogP contribution is 2.21. The first-order valence-corrected chi connectivity index (χ1v) is 11.6. The van der Waals surface area contributed by atoms with Crippen LogP contribution in [0.4, 0.5) is 4.79 Å². The van der Waals surface area contributed by atoms with Crippen LogP contribution in [0.15, 0.2) is 24.3 Å². The normalized spacial score (nSPS) is 18.3. The van der Waals surface area contributed by atoms with Crippen LogP contribution >= 0.6 is 0 Å². The Morgan fingerprint density at radius 3 is 2.44 bits per heavy atom. The Bertz CT molecular complexity index is 742. The highest BCUT2D eigenvalue weighted by molar-refractivity contribution is 5.94. The summed E-state index contributed by atoms with van der Waals surface area (Å²) in [6.07, 6.45) is 1.20. The molecule has 1 N–H and O–H groups in total. The molecular weight excluding hydrogens is 408 g/mol. The van der Waals surface area contributed by atoms with Crippen LogP contribution in [0.25, 0.3) is 0 Å². The molecule has 0 saturated carbocycles. The number of rotatable bonds is 9. The van der Waals surface area contributed by atoms with Gasteiger partial charge in [-0.3, -0.25) is 4.79 Å². The molecule has 1 aliphatic heterocycles. The molecule has 0 aromatic heterocycles. The second-order valence-electron chi connectivity index (χ2n) is 10.0. The van der Waals surface area contributed by atoms with E-state index in [9.17, 15) is 14.7 Å². The SMILES string of the molecule is CC(=O)c1ccc(OCC(O)CN2CCCC(CN(C(=O)OC(C)(C)C)C(C)C)C2)cc1. The number of carbonyl (C=O) groups excluding carboxylic acids is 2. The molecule has 0 spiro atoms. The summed E-state index contributed by atoms with van der Waals surface area (Å²) in [7, 11) is 0. The molecule has 1 heterocycles. The van der Waals surface area contributed by atoms with Gasteiger partial charge in [0.1, 0.15) is 24.1 Å². The predicted molar refractivity (Wildman–Crippen MR) is 125 cm³/mol. The Balaban J connectivity index is 1.83. The van der Waals surface area contributed by atoms with Crippen molar-refractivity contribution < 1.29 is 24.2 Å². The number of aliphatic hydroxyl groups excluding tert-OH is 1. The van der Waals surface area contributed by atoms with Gasteiger partial charge in [-0.05, 0) is 91.1 Å². The Morgan fingerprint density at radius 2 is 1.88 bits per heavy atom. The molecular formula is C25H40N2O5. The van der Waals surface area contributed by atoms with E-state index in [2.05, 4.69) is 4.90 Å². The lowest BCUT2D eigenvalue weighted by Gasteiger charge is -2.38. The Labute approximate surface area is 192 Å². The van der Waals surface area contributed by atoms with E-state index in [0.29, 0.717) is 30.3 Å². The standard InChI is InChI=1S/C25H40N2O5/c1-18(2)27(24(30)32-25(4,5)6)15-20-8-7-13-26(14-20)16-22(29)17-31-23-11-9-21(10-12-23)19(3)28/h9-12,18,20,22,29H,7-8,13-17H2,1-6H3. The lowest BCUT2D eigenvalue weighted by molar-refractivity contribution is 0.00862. The van der Waals surface area contributed by atoms with Gasteiger partial charge in [0, 0.05) is 31.2 Å². The molecule has 2 rings (SSSR count). The van der Waals surface area contributed by atoms with E-state index in [1.54, 1.807) is 24.3 Å². The minimum atomic E-state index is -0.617. The molecule has 0 bridgehead atoms. The number of carbonyl (C=O) groups is 2. The van der Waals surface area contributed by atoms with Crippen LogP contribution in [0.2, 0.25) is 0 Å². The van der Waals surface area contributed by atoms with E-state index in [-0.39, 0.29) is 24.5 Å². The maximum atomic E-state index is 12.6. The summed E-state index contributed by atoms with van der Waals surface area (Å²) in [4.78, 5) is 28.0.